The van der Waals surface area contributed by atoms with Crippen molar-refractivity contribution in [1.29, 1.82) is 0 Å². The van der Waals surface area contributed by atoms with Gasteiger partial charge in [0, 0.05) is 12.1 Å². The molecule has 3 rings (SSSR count). The van der Waals surface area contributed by atoms with Crippen LogP contribution in [0, 0.1) is 0 Å². The molecule has 25 heavy (non-hydrogen) atoms. The Morgan fingerprint density at radius 2 is 1.76 bits per heavy atom. The van der Waals surface area contributed by atoms with E-state index in [-0.39, 0.29) is 0 Å². The van der Waals surface area contributed by atoms with Crippen LogP contribution in [0.4, 0.5) is 4.39 Å². The number of nitrogens with zero attached hydrogens (tertiary/aromatic N) is 2. The molecule has 4 nitrogen and oxygen atoms in total. The topological polar surface area (TPSA) is 36.3 Å². The largest absolute Gasteiger partial charge is 0.525 e. The van der Waals surface area contributed by atoms with Crippen molar-refractivity contribution in [3.8, 4) is 11.3 Å². The monoisotopic (exact) mass is 342 g/mol. The van der Waals surface area contributed by atoms with E-state index in [9.17, 15) is 4.39 Å². The van der Waals surface area contributed by atoms with Gasteiger partial charge in [-0.3, -0.25) is 4.68 Å². The van der Waals surface area contributed by atoms with Gasteiger partial charge in [-0.2, -0.15) is 5.10 Å². The summed E-state index contributed by atoms with van der Waals surface area (Å²) in [7, 11) is -0.995. The molecule has 0 radical (unpaired) electrons. The summed E-state index contributed by atoms with van der Waals surface area (Å²) in [5.74, 6) is 0. The van der Waals surface area contributed by atoms with E-state index < -0.39 is 24.0 Å². The molecule has 0 spiro atoms. The average molecular weight is 342 g/mol. The first-order chi connectivity index (χ1) is 11.7. The van der Waals surface area contributed by atoms with Gasteiger partial charge in [-0.15, -0.1) is 0 Å². The van der Waals surface area contributed by atoms with Crippen LogP contribution in [-0.4, -0.2) is 28.1 Å². The van der Waals surface area contributed by atoms with Gasteiger partial charge in [0.15, 0.2) is 0 Å². The fraction of sp³-hybridized carbons (Fsp3) is 0.421. The number of hydrogen-bond donors (Lipinski definition) is 0. The highest BCUT2D eigenvalue weighted by atomic mass is 19.1. The van der Waals surface area contributed by atoms with Gasteiger partial charge in [0.05, 0.1) is 22.6 Å². The molecule has 0 N–H and O–H groups in total. The fourth-order valence-corrected chi connectivity index (χ4v) is 2.72. The minimum atomic E-state index is -0.995. The van der Waals surface area contributed by atoms with Crippen molar-refractivity contribution in [3.05, 3.63) is 47.8 Å². The zero-order valence-electron chi connectivity index (χ0n) is 15.4. The van der Waals surface area contributed by atoms with Crippen molar-refractivity contribution in [2.24, 2.45) is 0 Å². The van der Waals surface area contributed by atoms with Crippen LogP contribution in [0.3, 0.4) is 0 Å². The Hall–Kier alpha value is -1.92. The van der Waals surface area contributed by atoms with Gasteiger partial charge >= 0.3 is 7.12 Å². The molecule has 0 bridgehead atoms. The van der Waals surface area contributed by atoms with Crippen molar-refractivity contribution in [2.75, 3.05) is 0 Å². The Balaban J connectivity index is 1.89. The van der Waals surface area contributed by atoms with E-state index in [4.69, 9.17) is 9.31 Å². The number of hydrogen-bond acceptors (Lipinski definition) is 3. The second-order valence-electron chi connectivity index (χ2n) is 7.25. The summed E-state index contributed by atoms with van der Waals surface area (Å²) in [4.78, 5) is 0. The molecule has 0 unspecified atom stereocenters. The van der Waals surface area contributed by atoms with Crippen LogP contribution in [0.2, 0.25) is 0 Å². The predicted octanol–water partition coefficient (Wildman–Crippen LogP) is 4.51. The SMILES string of the molecule is CCn1nc(-c2ccccc2)cc1C=C(F)B1OC(C)(C)C(C)(C)O1. The van der Waals surface area contributed by atoms with Crippen LogP contribution < -0.4 is 0 Å². The minimum Gasteiger partial charge on any atom is -0.398 e. The second-order valence-corrected chi connectivity index (χ2v) is 7.25. The van der Waals surface area contributed by atoms with Crippen LogP contribution in [0.5, 0.6) is 0 Å². The first-order valence-corrected chi connectivity index (χ1v) is 8.59. The average Bonchev–Trinajstić information content (AvgIpc) is 3.06. The summed E-state index contributed by atoms with van der Waals surface area (Å²) < 4.78 is 28.1. The van der Waals surface area contributed by atoms with Crippen molar-refractivity contribution in [3.63, 3.8) is 0 Å². The fourth-order valence-electron chi connectivity index (χ4n) is 2.72. The van der Waals surface area contributed by atoms with E-state index in [1.165, 1.54) is 6.08 Å². The van der Waals surface area contributed by atoms with Crippen molar-refractivity contribution in [1.82, 2.24) is 9.78 Å². The highest BCUT2D eigenvalue weighted by Gasteiger charge is 2.53. The number of halogens is 1. The maximum absolute atomic E-state index is 14.8. The summed E-state index contributed by atoms with van der Waals surface area (Å²) in [6, 6.07) is 11.7. The maximum Gasteiger partial charge on any atom is 0.525 e. The lowest BCUT2D eigenvalue weighted by molar-refractivity contribution is 0.00578. The second kappa shape index (κ2) is 6.43. The Morgan fingerprint density at radius 1 is 1.16 bits per heavy atom. The number of rotatable bonds is 4. The van der Waals surface area contributed by atoms with Crippen molar-refractivity contribution in [2.45, 2.75) is 52.4 Å². The van der Waals surface area contributed by atoms with Crippen LogP contribution in [0.1, 0.15) is 40.3 Å². The van der Waals surface area contributed by atoms with Gasteiger partial charge in [0.1, 0.15) is 5.73 Å². The summed E-state index contributed by atoms with van der Waals surface area (Å²) in [5.41, 5.74) is 0.920. The first kappa shape index (κ1) is 17.9. The Kier molecular flexibility index (Phi) is 4.60. The van der Waals surface area contributed by atoms with Crippen LogP contribution in [0.15, 0.2) is 42.1 Å². The van der Waals surface area contributed by atoms with E-state index in [0.717, 1.165) is 11.3 Å². The van der Waals surface area contributed by atoms with Crippen LogP contribution in [0.25, 0.3) is 17.3 Å². The molecule has 1 aliphatic rings. The van der Waals surface area contributed by atoms with E-state index in [1.807, 2.05) is 71.0 Å². The van der Waals surface area contributed by atoms with Gasteiger partial charge in [-0.1, -0.05) is 30.3 Å². The van der Waals surface area contributed by atoms with E-state index in [0.29, 0.717) is 12.2 Å². The van der Waals surface area contributed by atoms with Crippen molar-refractivity contribution >= 4 is 13.2 Å². The Bertz CT molecular complexity index is 768. The Labute approximate surface area is 148 Å². The quantitative estimate of drug-likeness (QED) is 0.767. The summed E-state index contributed by atoms with van der Waals surface area (Å²) >= 11 is 0. The molecule has 1 aromatic carbocycles. The molecule has 1 saturated heterocycles. The minimum absolute atomic E-state index is 0.451. The zero-order chi connectivity index (χ0) is 18.2. The molecule has 1 aliphatic heterocycles. The normalized spacial score (nSPS) is 19.4. The Morgan fingerprint density at radius 3 is 2.32 bits per heavy atom. The van der Waals surface area contributed by atoms with E-state index in [2.05, 4.69) is 5.10 Å². The maximum atomic E-state index is 14.8. The molecule has 132 valence electrons. The molecular formula is C19H24BFN2O2. The predicted molar refractivity (Wildman–Crippen MR) is 98.5 cm³/mol. The molecule has 0 saturated carbocycles. The van der Waals surface area contributed by atoms with Crippen LogP contribution >= 0.6 is 0 Å². The van der Waals surface area contributed by atoms with Crippen LogP contribution in [-0.2, 0) is 15.9 Å². The van der Waals surface area contributed by atoms with E-state index in [1.54, 1.807) is 4.68 Å². The van der Waals surface area contributed by atoms with Gasteiger partial charge < -0.3 is 9.31 Å². The molecule has 0 atom stereocenters. The van der Waals surface area contributed by atoms with Gasteiger partial charge in [-0.05, 0) is 46.8 Å². The molecule has 2 aromatic rings. The molecule has 1 fully saturated rings. The third-order valence-electron chi connectivity index (χ3n) is 4.94. The molecule has 0 amide bonds. The van der Waals surface area contributed by atoms with Crippen molar-refractivity contribution < 1.29 is 13.7 Å². The molecule has 0 aliphatic carbocycles. The lowest BCUT2D eigenvalue weighted by Gasteiger charge is -2.32. The lowest BCUT2D eigenvalue weighted by Crippen LogP contribution is -2.41. The smallest absolute Gasteiger partial charge is 0.398 e. The van der Waals surface area contributed by atoms with Gasteiger partial charge in [0.2, 0.25) is 0 Å². The highest BCUT2D eigenvalue weighted by molar-refractivity contribution is 6.54. The summed E-state index contributed by atoms with van der Waals surface area (Å²) in [6.45, 7) is 10.3. The molecule has 2 heterocycles. The number of aromatic nitrogens is 2. The molecule has 6 heteroatoms. The van der Waals surface area contributed by atoms with Gasteiger partial charge in [0.25, 0.3) is 0 Å². The van der Waals surface area contributed by atoms with E-state index >= 15 is 0 Å². The third kappa shape index (κ3) is 3.41. The highest BCUT2D eigenvalue weighted by Crippen LogP contribution is 2.39. The number of benzene rings is 1. The summed E-state index contributed by atoms with van der Waals surface area (Å²) in [5, 5.41) is 4.56. The standard InChI is InChI=1S/C19H24BFN2O2/c1-6-23-15(12-16(22-23)14-10-8-7-9-11-14)13-17(21)20-24-18(2,3)19(4,5)25-20/h7-13H,6H2,1-5H3. The number of aryl methyl sites for hydroxylation is 1. The van der Waals surface area contributed by atoms with Gasteiger partial charge in [-0.25, -0.2) is 4.39 Å². The third-order valence-corrected chi connectivity index (χ3v) is 4.94. The lowest BCUT2D eigenvalue weighted by atomic mass is 9.87. The first-order valence-electron chi connectivity index (χ1n) is 8.59. The molecular weight excluding hydrogens is 318 g/mol. The summed E-state index contributed by atoms with van der Waals surface area (Å²) in [6.07, 6.45) is 1.45. The molecule has 1 aromatic heterocycles. The zero-order valence-corrected chi connectivity index (χ0v) is 15.4.